The second-order valence-electron chi connectivity index (χ2n) is 0. The van der Waals surface area contributed by atoms with Crippen LogP contribution in [0.4, 0.5) is 0 Å². The molecule has 2 nitrogen and oxygen atoms in total. The molecule has 3 heteroatoms. The predicted molar refractivity (Wildman–Crippen MR) is 14.6 cm³/mol. The van der Waals surface area contributed by atoms with E-state index in [2.05, 4.69) is 0 Å². The van der Waals surface area contributed by atoms with Gasteiger partial charge in [0.25, 0.3) is 0 Å². The minimum Gasteiger partial charge on any atom is -2.00 e. The third-order valence-electron chi connectivity index (χ3n) is 0. The molecule has 0 aromatic rings. The molecule has 0 aliphatic heterocycles. The summed E-state index contributed by atoms with van der Waals surface area (Å²) in [4.78, 5) is 0. The van der Waals surface area contributed by atoms with Crippen molar-refractivity contribution < 1.29 is 10.6 Å². The molecule has 0 spiro atoms. The van der Waals surface area contributed by atoms with E-state index < -0.39 is 0 Å². The Morgan fingerprint density at radius 3 is 1.25 bits per heavy atom. The van der Waals surface area contributed by atoms with E-state index in [4.69, 9.17) is 5.11 Å². The Hall–Kier alpha value is 1.18. The van der Waals surface area contributed by atoms with Crippen molar-refractivity contribution >= 4 is 37.7 Å². The molecule has 0 saturated carbocycles. The Bertz CT molecular complexity index is 6.00. The van der Waals surface area contributed by atoms with Crippen LogP contribution in [0.2, 0.25) is 0 Å². The molecular weight excluding hydrogens is 84.1 g/mol. The summed E-state index contributed by atoms with van der Waals surface area (Å²) in [6, 6.07) is 0. The van der Waals surface area contributed by atoms with Crippen molar-refractivity contribution in [2.75, 3.05) is 7.11 Å². The van der Waals surface area contributed by atoms with Crippen molar-refractivity contribution in [1.29, 1.82) is 0 Å². The minimum absolute atomic E-state index is 0. The van der Waals surface area contributed by atoms with Gasteiger partial charge in [-0.3, -0.25) is 0 Å². The van der Waals surface area contributed by atoms with Gasteiger partial charge in [0.15, 0.2) is 0 Å². The number of hydrogen-bond donors (Lipinski definition) is 1. The van der Waals surface area contributed by atoms with Gasteiger partial charge in [-0.2, -0.15) is 0 Å². The van der Waals surface area contributed by atoms with Gasteiger partial charge in [0.2, 0.25) is 0 Å². The fourth-order valence-corrected chi connectivity index (χ4v) is 0. The SMILES string of the molecule is CO.[Ca+2].[O-2]. The molecule has 22 valence electrons. The summed E-state index contributed by atoms with van der Waals surface area (Å²) in [6.07, 6.45) is 0. The maximum Gasteiger partial charge on any atom is 2.00 e. The van der Waals surface area contributed by atoms with Crippen LogP contribution < -0.4 is 0 Å². The van der Waals surface area contributed by atoms with Crippen LogP contribution in [0.25, 0.3) is 0 Å². The number of aliphatic hydroxyl groups is 1. The van der Waals surface area contributed by atoms with Gasteiger partial charge in [-0.05, 0) is 0 Å². The van der Waals surface area contributed by atoms with Crippen LogP contribution in [-0.4, -0.2) is 50.0 Å². The van der Waals surface area contributed by atoms with Crippen LogP contribution in [0, 0.1) is 0 Å². The van der Waals surface area contributed by atoms with Gasteiger partial charge < -0.3 is 10.6 Å². The van der Waals surface area contributed by atoms with Gasteiger partial charge in [0.05, 0.1) is 0 Å². The van der Waals surface area contributed by atoms with Gasteiger partial charge in [-0.15, -0.1) is 0 Å². The van der Waals surface area contributed by atoms with Crippen molar-refractivity contribution in [2.24, 2.45) is 0 Å². The molecule has 1 N–H and O–H groups in total. The average Bonchev–Trinajstić information content (AvgIpc) is 1.00. The molecule has 0 aromatic heterocycles. The summed E-state index contributed by atoms with van der Waals surface area (Å²) >= 11 is 0. The predicted octanol–water partition coefficient (Wildman–Crippen LogP) is -0.891. The molecule has 0 amide bonds. The molecule has 0 aliphatic rings. The van der Waals surface area contributed by atoms with E-state index in [1.54, 1.807) is 0 Å². The molecule has 0 bridgehead atoms. The first kappa shape index (κ1) is 19.0. The number of aliphatic hydroxyl groups excluding tert-OH is 1. The van der Waals surface area contributed by atoms with Crippen molar-refractivity contribution in [1.82, 2.24) is 0 Å². The van der Waals surface area contributed by atoms with Crippen LogP contribution in [0.1, 0.15) is 0 Å². The molecule has 0 saturated heterocycles. The first-order valence-corrected chi connectivity index (χ1v) is 0.447. The van der Waals surface area contributed by atoms with E-state index in [-0.39, 0.29) is 43.2 Å². The zero-order valence-electron chi connectivity index (χ0n) is 2.56. The van der Waals surface area contributed by atoms with Crippen LogP contribution in [0.3, 0.4) is 0 Å². The van der Waals surface area contributed by atoms with Gasteiger partial charge in [0.1, 0.15) is 0 Å². The fraction of sp³-hybridized carbons (Fsp3) is 1.00. The molecule has 0 aromatic carbocycles. The topological polar surface area (TPSA) is 48.7 Å². The van der Waals surface area contributed by atoms with Gasteiger partial charge in [0, 0.05) is 7.11 Å². The Balaban J connectivity index is -0.00000000500. The van der Waals surface area contributed by atoms with Crippen molar-refractivity contribution in [3.05, 3.63) is 0 Å². The monoisotopic (exact) mass is 88.0 g/mol. The van der Waals surface area contributed by atoms with E-state index in [0.29, 0.717) is 0 Å². The van der Waals surface area contributed by atoms with Crippen LogP contribution in [0.15, 0.2) is 0 Å². The summed E-state index contributed by atoms with van der Waals surface area (Å²) in [5.41, 5.74) is 0. The first-order valence-electron chi connectivity index (χ1n) is 0.447. The molecule has 0 atom stereocenters. The van der Waals surface area contributed by atoms with Crippen molar-refractivity contribution in [3.8, 4) is 0 Å². The summed E-state index contributed by atoms with van der Waals surface area (Å²) < 4.78 is 0. The van der Waals surface area contributed by atoms with Gasteiger partial charge in [-0.1, -0.05) is 0 Å². The standard InChI is InChI=1S/CH4O.Ca.O/c1-2;;/h2H,1H3;;/q;+2;-2. The molecule has 0 fully saturated rings. The van der Waals surface area contributed by atoms with Crippen LogP contribution in [-0.2, 0) is 5.48 Å². The van der Waals surface area contributed by atoms with Gasteiger partial charge >= 0.3 is 37.7 Å². The molecule has 0 heterocycles. The van der Waals surface area contributed by atoms with Crippen molar-refractivity contribution in [2.45, 2.75) is 0 Å². The zero-order chi connectivity index (χ0) is 2.00. The number of rotatable bonds is 0. The molecule has 4 heavy (non-hydrogen) atoms. The quantitative estimate of drug-likeness (QED) is 0.384. The van der Waals surface area contributed by atoms with E-state index in [1.165, 1.54) is 0 Å². The van der Waals surface area contributed by atoms with E-state index in [9.17, 15) is 0 Å². The van der Waals surface area contributed by atoms with E-state index in [0.717, 1.165) is 7.11 Å². The Morgan fingerprint density at radius 2 is 1.25 bits per heavy atom. The Morgan fingerprint density at radius 1 is 1.25 bits per heavy atom. The largest absolute Gasteiger partial charge is 2.00 e. The summed E-state index contributed by atoms with van der Waals surface area (Å²) in [6.45, 7) is 0. The molecule has 0 radical (unpaired) electrons. The molecule has 0 unspecified atom stereocenters. The summed E-state index contributed by atoms with van der Waals surface area (Å²) in [5, 5.41) is 7.00. The van der Waals surface area contributed by atoms with Gasteiger partial charge in [-0.25, -0.2) is 0 Å². The third-order valence-corrected chi connectivity index (χ3v) is 0. The summed E-state index contributed by atoms with van der Waals surface area (Å²) in [7, 11) is 1.00. The van der Waals surface area contributed by atoms with Crippen molar-refractivity contribution in [3.63, 3.8) is 0 Å². The molecule has 0 rings (SSSR count). The second-order valence-corrected chi connectivity index (χ2v) is 0. The first-order chi connectivity index (χ1) is 1.00. The maximum atomic E-state index is 7.00. The number of hydrogen-bond acceptors (Lipinski definition) is 1. The third kappa shape index (κ3) is 10.9. The normalized spacial score (nSPS) is 1.50. The maximum absolute atomic E-state index is 7.00. The van der Waals surface area contributed by atoms with E-state index >= 15 is 0 Å². The molecular formula is CH4CaO2. The second kappa shape index (κ2) is 30.4. The smallest absolute Gasteiger partial charge is 2.00 e. The van der Waals surface area contributed by atoms with Crippen LogP contribution in [0.5, 0.6) is 0 Å². The molecule has 0 aliphatic carbocycles. The minimum atomic E-state index is 0. The van der Waals surface area contributed by atoms with E-state index in [1.807, 2.05) is 0 Å². The summed E-state index contributed by atoms with van der Waals surface area (Å²) in [5.74, 6) is 0. The van der Waals surface area contributed by atoms with Crippen LogP contribution >= 0.6 is 0 Å². The Kier molecular flexibility index (Phi) is 145. The Labute approximate surface area is 55.1 Å². The fourth-order valence-electron chi connectivity index (χ4n) is 0. The average molecular weight is 88.1 g/mol. The zero-order valence-corrected chi connectivity index (χ0v) is 4.77.